The molecule has 1 atom stereocenters. The van der Waals surface area contributed by atoms with E-state index < -0.39 is 21.7 Å². The van der Waals surface area contributed by atoms with E-state index in [1.54, 1.807) is 26.0 Å². The Morgan fingerprint density at radius 1 is 1.03 bits per heavy atom. The first kappa shape index (κ1) is 28.0. The number of carbonyl (C=O) groups is 1. The highest BCUT2D eigenvalue weighted by molar-refractivity contribution is 7.89. The van der Waals surface area contributed by atoms with E-state index in [9.17, 15) is 18.3 Å². The van der Waals surface area contributed by atoms with E-state index in [1.165, 1.54) is 0 Å². The second-order valence-electron chi connectivity index (χ2n) is 10.9. The van der Waals surface area contributed by atoms with Crippen LogP contribution in [-0.4, -0.2) is 40.9 Å². The van der Waals surface area contributed by atoms with Crippen LogP contribution in [0, 0.1) is 19.8 Å². The molecular formula is C29H38N4O4S. The van der Waals surface area contributed by atoms with Crippen molar-refractivity contribution in [2.45, 2.75) is 76.0 Å². The molecule has 4 rings (SSSR count). The van der Waals surface area contributed by atoms with Crippen molar-refractivity contribution in [3.05, 3.63) is 71.5 Å². The zero-order valence-corrected chi connectivity index (χ0v) is 23.5. The van der Waals surface area contributed by atoms with Gasteiger partial charge in [0.25, 0.3) is 0 Å². The Kier molecular flexibility index (Phi) is 8.11. The van der Waals surface area contributed by atoms with Crippen molar-refractivity contribution >= 4 is 15.9 Å². The topological polar surface area (TPSA) is 113 Å². The summed E-state index contributed by atoms with van der Waals surface area (Å²) in [5.41, 5.74) is 3.58. The number of carbonyl (C=O) groups excluding carboxylic acids is 1. The fraction of sp³-hybridized carbons (Fsp3) is 0.448. The fourth-order valence-corrected chi connectivity index (χ4v) is 6.63. The monoisotopic (exact) mass is 538 g/mol. The van der Waals surface area contributed by atoms with Gasteiger partial charge in [-0.1, -0.05) is 42.5 Å². The normalized spacial score (nSPS) is 19.2. The molecule has 0 spiro atoms. The first-order chi connectivity index (χ1) is 17.9. The van der Waals surface area contributed by atoms with E-state index in [2.05, 4.69) is 15.1 Å². The van der Waals surface area contributed by atoms with Crippen molar-refractivity contribution in [2.24, 2.45) is 13.0 Å². The van der Waals surface area contributed by atoms with E-state index >= 15 is 0 Å². The number of rotatable bonds is 8. The van der Waals surface area contributed by atoms with Gasteiger partial charge in [-0.05, 0) is 76.6 Å². The van der Waals surface area contributed by atoms with Crippen LogP contribution in [0.1, 0.15) is 62.5 Å². The predicted octanol–water partition coefficient (Wildman–Crippen LogP) is 4.17. The van der Waals surface area contributed by atoms with Crippen LogP contribution in [0.15, 0.2) is 59.5 Å². The number of benzene rings is 2. The third-order valence-corrected chi connectivity index (χ3v) is 9.04. The molecule has 1 aromatic heterocycles. The van der Waals surface area contributed by atoms with Crippen LogP contribution < -0.4 is 10.0 Å². The minimum atomic E-state index is -3.69. The minimum Gasteiger partial charge on any atom is -0.388 e. The lowest BCUT2D eigenvalue weighted by molar-refractivity contribution is -0.128. The lowest BCUT2D eigenvalue weighted by Gasteiger charge is -2.34. The molecule has 38 heavy (non-hydrogen) atoms. The van der Waals surface area contributed by atoms with E-state index in [0.717, 1.165) is 28.1 Å². The van der Waals surface area contributed by atoms with Gasteiger partial charge < -0.3 is 10.4 Å². The number of sulfonamides is 1. The van der Waals surface area contributed by atoms with Crippen LogP contribution in [0.4, 0.5) is 0 Å². The summed E-state index contributed by atoms with van der Waals surface area (Å²) in [5, 5.41) is 18.1. The molecule has 1 saturated carbocycles. The van der Waals surface area contributed by atoms with Crippen molar-refractivity contribution in [1.29, 1.82) is 0 Å². The number of nitrogens with one attached hydrogen (secondary N) is 2. The Morgan fingerprint density at radius 3 is 2.16 bits per heavy atom. The maximum atomic E-state index is 13.1. The average molecular weight is 539 g/mol. The number of hydrogen-bond donors (Lipinski definition) is 3. The van der Waals surface area contributed by atoms with Crippen LogP contribution in [0.3, 0.4) is 0 Å². The molecule has 8 nitrogen and oxygen atoms in total. The summed E-state index contributed by atoms with van der Waals surface area (Å²) in [6, 6.07) is 15.6. The predicted molar refractivity (Wildman–Crippen MR) is 148 cm³/mol. The zero-order chi connectivity index (χ0) is 27.7. The molecular weight excluding hydrogens is 500 g/mol. The Hall–Kier alpha value is -3.01. The van der Waals surface area contributed by atoms with Gasteiger partial charge in [0.05, 0.1) is 22.2 Å². The largest absolute Gasteiger partial charge is 0.388 e. The maximum Gasteiger partial charge on any atom is 0.240 e. The molecule has 0 aliphatic heterocycles. The van der Waals surface area contributed by atoms with Gasteiger partial charge >= 0.3 is 0 Å². The Bertz CT molecular complexity index is 1370. The molecule has 1 aliphatic rings. The molecule has 3 aromatic rings. The van der Waals surface area contributed by atoms with Gasteiger partial charge in [0, 0.05) is 30.3 Å². The number of aromatic nitrogens is 2. The number of aryl methyl sites for hydroxylation is 2. The van der Waals surface area contributed by atoms with E-state index in [1.807, 2.05) is 68.0 Å². The second kappa shape index (κ2) is 11.0. The highest BCUT2D eigenvalue weighted by Crippen LogP contribution is 2.31. The minimum absolute atomic E-state index is 0.112. The van der Waals surface area contributed by atoms with Gasteiger partial charge in [0.15, 0.2) is 0 Å². The maximum absolute atomic E-state index is 13.1. The molecule has 3 N–H and O–H groups in total. The molecule has 0 radical (unpaired) electrons. The first-order valence-electron chi connectivity index (χ1n) is 13.1. The van der Waals surface area contributed by atoms with E-state index in [-0.39, 0.29) is 22.8 Å². The van der Waals surface area contributed by atoms with Crippen molar-refractivity contribution in [2.75, 3.05) is 0 Å². The summed E-state index contributed by atoms with van der Waals surface area (Å²) < 4.78 is 30.8. The highest BCUT2D eigenvalue weighted by Gasteiger charge is 2.34. The molecule has 2 aromatic carbocycles. The Balaban J connectivity index is 1.36. The Labute approximate surface area is 225 Å². The summed E-state index contributed by atoms with van der Waals surface area (Å²) >= 11 is 0. The van der Waals surface area contributed by atoms with Crippen LogP contribution in [0.2, 0.25) is 0 Å². The van der Waals surface area contributed by atoms with Crippen molar-refractivity contribution < 1.29 is 18.3 Å². The summed E-state index contributed by atoms with van der Waals surface area (Å²) in [6.07, 6.45) is 2.29. The second-order valence-corrected chi connectivity index (χ2v) is 12.6. The molecule has 1 aliphatic carbocycles. The van der Waals surface area contributed by atoms with Crippen LogP contribution in [0.25, 0.3) is 11.1 Å². The van der Waals surface area contributed by atoms with Crippen molar-refractivity contribution in [3.8, 4) is 11.1 Å². The molecule has 0 saturated heterocycles. The molecule has 1 amide bonds. The smallest absolute Gasteiger partial charge is 0.240 e. The molecule has 1 fully saturated rings. The molecule has 0 unspecified atom stereocenters. The highest BCUT2D eigenvalue weighted by atomic mass is 32.2. The number of amides is 1. The summed E-state index contributed by atoms with van der Waals surface area (Å²) in [6.45, 7) is 7.30. The summed E-state index contributed by atoms with van der Waals surface area (Å²) in [5.74, 6) is -0.339. The molecule has 9 heteroatoms. The van der Waals surface area contributed by atoms with Gasteiger partial charge in [0.1, 0.15) is 0 Å². The summed E-state index contributed by atoms with van der Waals surface area (Å²) in [4.78, 5) is 13.3. The average Bonchev–Trinajstić information content (AvgIpc) is 3.13. The Morgan fingerprint density at radius 2 is 1.63 bits per heavy atom. The van der Waals surface area contributed by atoms with Crippen molar-refractivity contribution in [3.63, 3.8) is 0 Å². The van der Waals surface area contributed by atoms with Gasteiger partial charge in [-0.25, -0.2) is 13.1 Å². The van der Waals surface area contributed by atoms with Gasteiger partial charge in [-0.3, -0.25) is 9.48 Å². The van der Waals surface area contributed by atoms with E-state index in [4.69, 9.17) is 0 Å². The van der Waals surface area contributed by atoms with Crippen molar-refractivity contribution in [1.82, 2.24) is 19.8 Å². The summed E-state index contributed by atoms with van der Waals surface area (Å²) in [7, 11) is -1.80. The molecule has 204 valence electrons. The number of aliphatic hydroxyl groups is 1. The van der Waals surface area contributed by atoms with Crippen LogP contribution in [0.5, 0.6) is 0 Å². The third-order valence-electron chi connectivity index (χ3n) is 7.51. The van der Waals surface area contributed by atoms with Crippen LogP contribution in [-0.2, 0) is 21.9 Å². The molecule has 1 heterocycles. The first-order valence-corrected chi connectivity index (χ1v) is 14.6. The quantitative estimate of drug-likeness (QED) is 0.398. The van der Waals surface area contributed by atoms with E-state index in [0.29, 0.717) is 25.7 Å². The standard InChI is InChI=1S/C29H38N4O4S/c1-19-26(20(2)33(5)31-19)21-13-17-25(18-14-21)38(36,37)32-24-15-11-23(12-16-24)28(34)30-27(29(3,4)35)22-9-7-6-8-10-22/h6-10,13-14,17-18,23-24,27,32,35H,11-12,15-16H2,1-5H3,(H,30,34)/t23-,24-,27-/m0/s1. The molecule has 0 bridgehead atoms. The van der Waals surface area contributed by atoms with Gasteiger partial charge in [0.2, 0.25) is 15.9 Å². The lowest BCUT2D eigenvalue weighted by atomic mass is 9.84. The SMILES string of the molecule is Cc1nn(C)c(C)c1-c1ccc(S(=O)(=O)N[C@H]2CC[C@H](C(=O)N[C@@H](c3ccccc3)C(C)(C)O)CC2)cc1. The number of nitrogens with zero attached hydrogens (tertiary/aromatic N) is 2. The number of hydrogen-bond acceptors (Lipinski definition) is 5. The lowest BCUT2D eigenvalue weighted by Crippen LogP contribution is -2.46. The fourth-order valence-electron chi connectivity index (χ4n) is 5.33. The van der Waals surface area contributed by atoms with Gasteiger partial charge in [-0.15, -0.1) is 0 Å². The van der Waals surface area contributed by atoms with Crippen LogP contribution >= 0.6 is 0 Å². The van der Waals surface area contributed by atoms with Gasteiger partial charge in [-0.2, -0.15) is 5.10 Å². The third kappa shape index (κ3) is 6.17. The zero-order valence-electron chi connectivity index (χ0n) is 22.7.